The monoisotopic (exact) mass is 560 g/mol. The van der Waals surface area contributed by atoms with Crippen molar-refractivity contribution in [1.29, 1.82) is 0 Å². The van der Waals surface area contributed by atoms with Crippen LogP contribution in [0, 0.1) is 0 Å². The highest BCUT2D eigenvalue weighted by molar-refractivity contribution is 6.98. The first-order valence-electron chi connectivity index (χ1n) is 15.1. The Morgan fingerprint density at radius 3 is 1.25 bits per heavy atom. The molecule has 0 atom stereocenters. The molecule has 0 N–H and O–H groups in total. The van der Waals surface area contributed by atoms with E-state index in [0.29, 0.717) is 0 Å². The summed E-state index contributed by atoms with van der Waals surface area (Å²) in [4.78, 5) is 5.07. The zero-order chi connectivity index (χ0) is 27.7. The van der Waals surface area contributed by atoms with E-state index in [4.69, 9.17) is 18.9 Å². The smallest absolute Gasteiger partial charge is 0.337 e. The first-order chi connectivity index (χ1) is 21.8. The molecule has 0 aliphatic carbocycles. The van der Waals surface area contributed by atoms with E-state index in [1.807, 2.05) is 0 Å². The normalized spacial score (nSPS) is 16.3. The zero-order valence-electron chi connectivity index (χ0n) is 22.8. The number of benzene rings is 6. The fourth-order valence-corrected chi connectivity index (χ4v) is 9.59. The molecule has 14 rings (SSSR count). The number of fused-ring (bicyclic) bond motifs is 2. The molecule has 0 radical (unpaired) electrons. The van der Waals surface area contributed by atoms with Crippen LogP contribution in [0.2, 0.25) is 0 Å². The minimum atomic E-state index is -0.0579. The van der Waals surface area contributed by atoms with Crippen molar-refractivity contribution in [3.63, 3.8) is 0 Å². The first-order valence-corrected chi connectivity index (χ1v) is 15.1. The van der Waals surface area contributed by atoms with Crippen LogP contribution in [0.25, 0.3) is 33.4 Å². The molecular formula is C36H14B2N2O4. The van der Waals surface area contributed by atoms with Crippen molar-refractivity contribution in [2.75, 3.05) is 9.62 Å². The standard InChI is InChI=1S/C36H14B2N2O4/c1-5-15-17-7-3-11-21-33(17)39-35-26(43-21)14-24-32-28(35)27-31-23(41-19(9-1)29(15)37(31)39)13-25-36(27)40-34-18(8-4-12-22(34)44-25)16-6-2-10-20(42-24)30(16)38(32)40/h1-14H. The highest BCUT2D eigenvalue weighted by atomic mass is 16.5. The van der Waals surface area contributed by atoms with Crippen molar-refractivity contribution in [3.8, 4) is 79.4 Å². The fourth-order valence-electron chi connectivity index (χ4n) is 9.59. The highest BCUT2D eigenvalue weighted by Gasteiger charge is 2.59. The van der Waals surface area contributed by atoms with Crippen molar-refractivity contribution in [3.05, 3.63) is 84.9 Å². The summed E-state index contributed by atoms with van der Waals surface area (Å²) in [6.45, 7) is -0.116. The molecular weight excluding hydrogens is 546 g/mol. The Hall–Kier alpha value is -5.75. The van der Waals surface area contributed by atoms with Gasteiger partial charge in [-0.1, -0.05) is 48.5 Å². The second-order valence-corrected chi connectivity index (χ2v) is 12.7. The number of anilines is 4. The molecule has 198 valence electrons. The maximum atomic E-state index is 6.85. The van der Waals surface area contributed by atoms with Crippen molar-refractivity contribution in [2.45, 2.75) is 0 Å². The Morgan fingerprint density at radius 2 is 0.773 bits per heavy atom. The second-order valence-electron chi connectivity index (χ2n) is 12.7. The summed E-state index contributed by atoms with van der Waals surface area (Å²) in [6.07, 6.45) is 0. The van der Waals surface area contributed by atoms with Crippen molar-refractivity contribution in [1.82, 2.24) is 0 Å². The van der Waals surface area contributed by atoms with E-state index < -0.39 is 0 Å². The molecule has 0 unspecified atom stereocenters. The zero-order valence-corrected chi connectivity index (χ0v) is 22.8. The Labute approximate surface area is 250 Å². The number of ether oxygens (including phenoxy) is 4. The molecule has 0 spiro atoms. The predicted molar refractivity (Wildman–Crippen MR) is 170 cm³/mol. The first kappa shape index (κ1) is 20.2. The molecule has 0 amide bonds. The van der Waals surface area contributed by atoms with Crippen LogP contribution in [0.1, 0.15) is 0 Å². The topological polar surface area (TPSA) is 43.4 Å². The van der Waals surface area contributed by atoms with Gasteiger partial charge in [-0.3, -0.25) is 0 Å². The fraction of sp³-hybridized carbons (Fsp3) is 0. The molecule has 8 aliphatic heterocycles. The van der Waals surface area contributed by atoms with E-state index in [1.54, 1.807) is 0 Å². The summed E-state index contributed by atoms with van der Waals surface area (Å²) >= 11 is 0. The minimum Gasteiger partial charge on any atom is -0.458 e. The third-order valence-electron chi connectivity index (χ3n) is 10.9. The molecule has 0 saturated heterocycles. The van der Waals surface area contributed by atoms with E-state index in [-0.39, 0.29) is 13.7 Å². The average molecular weight is 560 g/mol. The van der Waals surface area contributed by atoms with Gasteiger partial charge in [-0.15, -0.1) is 0 Å². The largest absolute Gasteiger partial charge is 0.458 e. The van der Waals surface area contributed by atoms with Gasteiger partial charge in [0, 0.05) is 56.2 Å². The number of nitrogens with zero attached hydrogens (tertiary/aromatic N) is 2. The van der Waals surface area contributed by atoms with Crippen molar-refractivity contribution >= 4 is 58.3 Å². The van der Waals surface area contributed by atoms with Crippen LogP contribution in [-0.2, 0) is 0 Å². The predicted octanol–water partition coefficient (Wildman–Crippen LogP) is 6.25. The maximum absolute atomic E-state index is 6.85. The van der Waals surface area contributed by atoms with E-state index in [9.17, 15) is 0 Å². The lowest BCUT2D eigenvalue weighted by atomic mass is 9.37. The molecule has 6 aromatic rings. The van der Waals surface area contributed by atoms with Crippen LogP contribution in [-0.4, -0.2) is 13.7 Å². The Bertz CT molecular complexity index is 2220. The van der Waals surface area contributed by atoms with Gasteiger partial charge in [0.05, 0.1) is 22.7 Å². The van der Waals surface area contributed by atoms with Crippen molar-refractivity contribution in [2.24, 2.45) is 0 Å². The number of hydrogen-bond acceptors (Lipinski definition) is 6. The molecule has 0 bridgehead atoms. The highest BCUT2D eigenvalue weighted by Crippen LogP contribution is 2.66. The quantitative estimate of drug-likeness (QED) is 0.205. The summed E-state index contributed by atoms with van der Waals surface area (Å²) in [5.41, 5.74) is 16.3. The summed E-state index contributed by atoms with van der Waals surface area (Å²) < 4.78 is 27.4. The van der Waals surface area contributed by atoms with Gasteiger partial charge in [0.2, 0.25) is 0 Å². The summed E-state index contributed by atoms with van der Waals surface area (Å²) in [5.74, 6) is 6.85. The second kappa shape index (κ2) is 6.01. The van der Waals surface area contributed by atoms with Gasteiger partial charge in [0.1, 0.15) is 23.0 Å². The van der Waals surface area contributed by atoms with Gasteiger partial charge >= 0.3 is 13.7 Å². The van der Waals surface area contributed by atoms with Gasteiger partial charge in [-0.25, -0.2) is 0 Å². The van der Waals surface area contributed by atoms with Gasteiger partial charge in [0.15, 0.2) is 23.0 Å². The third kappa shape index (κ3) is 1.80. The third-order valence-corrected chi connectivity index (χ3v) is 10.9. The molecule has 8 heterocycles. The lowest BCUT2D eigenvalue weighted by Gasteiger charge is -2.54. The van der Waals surface area contributed by atoms with Crippen molar-refractivity contribution < 1.29 is 18.9 Å². The average Bonchev–Trinajstić information content (AvgIpc) is 3.06. The van der Waals surface area contributed by atoms with E-state index in [2.05, 4.69) is 94.6 Å². The maximum Gasteiger partial charge on any atom is 0.337 e. The van der Waals surface area contributed by atoms with E-state index in [1.165, 1.54) is 55.2 Å². The van der Waals surface area contributed by atoms with Gasteiger partial charge in [-0.05, 0) is 35.4 Å². The van der Waals surface area contributed by atoms with Crippen LogP contribution in [0.3, 0.4) is 0 Å². The molecule has 8 aliphatic rings. The number of hydrogen-bond donors (Lipinski definition) is 0. The van der Waals surface area contributed by atoms with Crippen LogP contribution >= 0.6 is 0 Å². The molecule has 6 aromatic carbocycles. The van der Waals surface area contributed by atoms with Crippen LogP contribution in [0.5, 0.6) is 46.0 Å². The number of para-hydroxylation sites is 2. The lowest BCUT2D eigenvalue weighted by molar-refractivity contribution is 0.454. The Morgan fingerprint density at radius 1 is 0.364 bits per heavy atom. The molecule has 8 heteroatoms. The van der Waals surface area contributed by atoms with Crippen LogP contribution < -0.4 is 50.4 Å². The Kier molecular flexibility index (Phi) is 2.76. The van der Waals surface area contributed by atoms with Gasteiger partial charge in [-0.2, -0.15) is 0 Å². The molecule has 0 saturated carbocycles. The summed E-state index contributed by atoms with van der Waals surface area (Å²) in [5, 5.41) is 0. The SMILES string of the molecule is c1cc2c3c(c1)-c1cccc4c1N1B3c3c(cc5c6c3-c3c7c(cc(c31)O4)Oc1cccc3c1B7N6c1c(cccc1-3)O5)O2. The molecule has 6 nitrogen and oxygen atoms in total. The van der Waals surface area contributed by atoms with E-state index in [0.717, 1.165) is 68.7 Å². The van der Waals surface area contributed by atoms with Crippen LogP contribution in [0.4, 0.5) is 22.7 Å². The van der Waals surface area contributed by atoms with Crippen LogP contribution in [0.15, 0.2) is 84.9 Å². The molecule has 0 aromatic heterocycles. The molecule has 0 fully saturated rings. The minimum absolute atomic E-state index is 0.0579. The lowest BCUT2D eigenvalue weighted by Crippen LogP contribution is -2.67. The summed E-state index contributed by atoms with van der Waals surface area (Å²) in [6, 6.07) is 29.9. The Balaban J connectivity index is 1.24. The molecule has 44 heavy (non-hydrogen) atoms. The van der Waals surface area contributed by atoms with E-state index >= 15 is 0 Å². The van der Waals surface area contributed by atoms with Gasteiger partial charge < -0.3 is 28.6 Å². The summed E-state index contributed by atoms with van der Waals surface area (Å²) in [7, 11) is 0. The van der Waals surface area contributed by atoms with Gasteiger partial charge in [0.25, 0.3) is 0 Å². The number of rotatable bonds is 0.